The molecule has 2 nitrogen and oxygen atoms in total. The van der Waals surface area contributed by atoms with Crippen LogP contribution in [0.25, 0.3) is 0 Å². The van der Waals surface area contributed by atoms with Crippen LogP contribution in [0.4, 0.5) is 0 Å². The van der Waals surface area contributed by atoms with Gasteiger partial charge in [-0.05, 0) is 32.2 Å². The predicted molar refractivity (Wildman–Crippen MR) is 52.2 cm³/mol. The fourth-order valence-corrected chi connectivity index (χ4v) is 0.918. The Morgan fingerprint density at radius 3 is 2.42 bits per heavy atom. The zero-order valence-electron chi connectivity index (χ0n) is 8.47. The van der Waals surface area contributed by atoms with Crippen molar-refractivity contribution in [1.82, 2.24) is 5.32 Å². The van der Waals surface area contributed by atoms with Gasteiger partial charge in [0.15, 0.2) is 0 Å². The van der Waals surface area contributed by atoms with Gasteiger partial charge in [-0.2, -0.15) is 0 Å². The molecule has 2 heteroatoms. The summed E-state index contributed by atoms with van der Waals surface area (Å²) in [4.78, 5) is 9.99. The highest BCUT2D eigenvalue weighted by molar-refractivity contribution is 5.48. The lowest BCUT2D eigenvalue weighted by Gasteiger charge is -2.16. The number of rotatable bonds is 7. The first-order valence-corrected chi connectivity index (χ1v) is 4.85. The van der Waals surface area contributed by atoms with Gasteiger partial charge in [0.05, 0.1) is 0 Å². The van der Waals surface area contributed by atoms with Crippen molar-refractivity contribution < 1.29 is 4.79 Å². The lowest BCUT2D eigenvalue weighted by atomic mass is 10.1. The van der Waals surface area contributed by atoms with Crippen molar-refractivity contribution in [2.24, 2.45) is 5.92 Å². The Hall–Kier alpha value is -0.370. The van der Waals surface area contributed by atoms with Gasteiger partial charge in [0.2, 0.25) is 0 Å². The Morgan fingerprint density at radius 1 is 1.25 bits per heavy atom. The minimum atomic E-state index is 0.584. The maximum Gasteiger partial charge on any atom is 0.119 e. The second-order valence-electron chi connectivity index (χ2n) is 3.65. The maximum absolute atomic E-state index is 9.99. The molecule has 0 aliphatic rings. The molecule has 0 aromatic rings. The summed E-state index contributed by atoms with van der Waals surface area (Å²) < 4.78 is 0. The van der Waals surface area contributed by atoms with Crippen molar-refractivity contribution in [3.05, 3.63) is 0 Å². The molecule has 0 amide bonds. The molecule has 12 heavy (non-hydrogen) atoms. The number of nitrogens with one attached hydrogen (secondary N) is 1. The van der Waals surface area contributed by atoms with E-state index in [9.17, 15) is 4.79 Å². The lowest BCUT2D eigenvalue weighted by molar-refractivity contribution is -0.107. The van der Waals surface area contributed by atoms with E-state index in [0.717, 1.165) is 25.7 Å². The van der Waals surface area contributed by atoms with Crippen LogP contribution in [0.2, 0.25) is 0 Å². The first-order chi connectivity index (χ1) is 5.68. The summed E-state index contributed by atoms with van der Waals surface area (Å²) in [5.74, 6) is 0.691. The minimum Gasteiger partial charge on any atom is -0.314 e. The molecule has 1 N–H and O–H groups in total. The third-order valence-electron chi connectivity index (χ3n) is 2.22. The molecule has 0 heterocycles. The fraction of sp³-hybridized carbons (Fsp3) is 0.900. The van der Waals surface area contributed by atoms with E-state index in [1.54, 1.807) is 0 Å². The van der Waals surface area contributed by atoms with E-state index >= 15 is 0 Å². The van der Waals surface area contributed by atoms with E-state index in [0.29, 0.717) is 18.4 Å². The Morgan fingerprint density at radius 2 is 1.92 bits per heavy atom. The fourth-order valence-electron chi connectivity index (χ4n) is 0.918. The molecule has 0 saturated heterocycles. The summed E-state index contributed by atoms with van der Waals surface area (Å²) in [7, 11) is 0. The third-order valence-corrected chi connectivity index (χ3v) is 2.22. The molecule has 0 rings (SSSR count). The van der Waals surface area contributed by atoms with Crippen LogP contribution in [0.5, 0.6) is 0 Å². The Kier molecular flexibility index (Phi) is 7.06. The van der Waals surface area contributed by atoms with Crippen molar-refractivity contribution in [1.29, 1.82) is 0 Å². The van der Waals surface area contributed by atoms with Gasteiger partial charge in [-0.25, -0.2) is 0 Å². The largest absolute Gasteiger partial charge is 0.314 e. The number of unbranched alkanes of at least 4 members (excludes halogenated alkanes) is 2. The Bertz CT molecular complexity index is 112. The minimum absolute atomic E-state index is 0.584. The summed E-state index contributed by atoms with van der Waals surface area (Å²) in [6.45, 7) is 7.66. The van der Waals surface area contributed by atoms with Crippen LogP contribution < -0.4 is 5.32 Å². The van der Waals surface area contributed by atoms with Crippen LogP contribution in [-0.2, 0) is 4.79 Å². The maximum atomic E-state index is 9.99. The molecular weight excluding hydrogens is 150 g/mol. The van der Waals surface area contributed by atoms with Crippen LogP contribution in [-0.4, -0.2) is 18.9 Å². The highest BCUT2D eigenvalue weighted by Crippen LogP contribution is 2.00. The molecule has 72 valence electrons. The van der Waals surface area contributed by atoms with Crippen molar-refractivity contribution in [3.8, 4) is 0 Å². The molecule has 0 spiro atoms. The molecule has 0 radical (unpaired) electrons. The summed E-state index contributed by atoms with van der Waals surface area (Å²) in [6, 6.07) is 0.584. The van der Waals surface area contributed by atoms with Gasteiger partial charge in [-0.1, -0.05) is 13.8 Å². The monoisotopic (exact) mass is 171 g/mol. The van der Waals surface area contributed by atoms with E-state index in [2.05, 4.69) is 26.1 Å². The number of carbonyl (C=O) groups excluding carboxylic acids is 1. The lowest BCUT2D eigenvalue weighted by Crippen LogP contribution is -2.31. The van der Waals surface area contributed by atoms with Crippen molar-refractivity contribution in [3.63, 3.8) is 0 Å². The van der Waals surface area contributed by atoms with Crippen LogP contribution in [0.3, 0.4) is 0 Å². The molecule has 1 atom stereocenters. The number of hydrogen-bond donors (Lipinski definition) is 1. The molecule has 1 unspecified atom stereocenters. The van der Waals surface area contributed by atoms with Crippen molar-refractivity contribution in [2.45, 2.75) is 46.1 Å². The molecule has 0 aromatic carbocycles. The van der Waals surface area contributed by atoms with Crippen molar-refractivity contribution >= 4 is 6.29 Å². The number of carbonyl (C=O) groups is 1. The molecule has 0 aliphatic heterocycles. The van der Waals surface area contributed by atoms with Gasteiger partial charge in [0, 0.05) is 12.5 Å². The third kappa shape index (κ3) is 6.35. The van der Waals surface area contributed by atoms with E-state index in [-0.39, 0.29) is 0 Å². The first-order valence-electron chi connectivity index (χ1n) is 4.85. The summed E-state index contributed by atoms with van der Waals surface area (Å²) >= 11 is 0. The van der Waals surface area contributed by atoms with Crippen LogP contribution in [0.1, 0.15) is 40.0 Å². The van der Waals surface area contributed by atoms with Gasteiger partial charge in [-0.3, -0.25) is 0 Å². The molecule has 0 saturated carbocycles. The van der Waals surface area contributed by atoms with E-state index in [1.807, 2.05) is 0 Å². The summed E-state index contributed by atoms with van der Waals surface area (Å²) in [5, 5.41) is 3.43. The molecule has 0 fully saturated rings. The Balaban J connectivity index is 3.13. The van der Waals surface area contributed by atoms with Crippen molar-refractivity contribution in [2.75, 3.05) is 6.54 Å². The van der Waals surface area contributed by atoms with Gasteiger partial charge in [-0.15, -0.1) is 0 Å². The Labute approximate surface area is 75.7 Å². The van der Waals surface area contributed by atoms with Crippen LogP contribution in [0.15, 0.2) is 0 Å². The van der Waals surface area contributed by atoms with Gasteiger partial charge >= 0.3 is 0 Å². The highest BCUT2D eigenvalue weighted by Gasteiger charge is 2.04. The summed E-state index contributed by atoms with van der Waals surface area (Å²) in [6.07, 6.45) is 3.82. The quantitative estimate of drug-likeness (QED) is 0.469. The van der Waals surface area contributed by atoms with Gasteiger partial charge in [0.25, 0.3) is 0 Å². The van der Waals surface area contributed by atoms with E-state index < -0.39 is 0 Å². The zero-order chi connectivity index (χ0) is 9.40. The van der Waals surface area contributed by atoms with E-state index in [1.165, 1.54) is 0 Å². The van der Waals surface area contributed by atoms with E-state index in [4.69, 9.17) is 0 Å². The zero-order valence-corrected chi connectivity index (χ0v) is 8.47. The second-order valence-corrected chi connectivity index (χ2v) is 3.65. The summed E-state index contributed by atoms with van der Waals surface area (Å²) in [5.41, 5.74) is 0. The average molecular weight is 171 g/mol. The normalized spacial score (nSPS) is 13.3. The topological polar surface area (TPSA) is 29.1 Å². The second kappa shape index (κ2) is 7.29. The standard InChI is InChI=1S/C10H21NO/c1-9(2)10(3)11-7-5-4-6-8-12/h8-11H,4-7H2,1-3H3. The average Bonchev–Trinajstić information content (AvgIpc) is 2.03. The highest BCUT2D eigenvalue weighted by atomic mass is 16.1. The molecule has 0 aromatic heterocycles. The first kappa shape index (κ1) is 11.6. The predicted octanol–water partition coefficient (Wildman–Crippen LogP) is 1.99. The van der Waals surface area contributed by atoms with Crippen LogP contribution >= 0.6 is 0 Å². The SMILES string of the molecule is CC(C)C(C)NCCCCC=O. The number of aldehydes is 1. The number of hydrogen-bond acceptors (Lipinski definition) is 2. The molecular formula is C10H21NO. The van der Waals surface area contributed by atoms with Gasteiger partial charge in [0.1, 0.15) is 6.29 Å². The smallest absolute Gasteiger partial charge is 0.119 e. The molecule has 0 aliphatic carbocycles. The van der Waals surface area contributed by atoms with Crippen LogP contribution in [0, 0.1) is 5.92 Å². The van der Waals surface area contributed by atoms with Gasteiger partial charge < -0.3 is 10.1 Å². The molecule has 0 bridgehead atoms.